The number of benzene rings is 1. The van der Waals surface area contributed by atoms with Gasteiger partial charge in [0.1, 0.15) is 0 Å². The van der Waals surface area contributed by atoms with Gasteiger partial charge in [-0.25, -0.2) is 0 Å². The Morgan fingerprint density at radius 1 is 1.44 bits per heavy atom. The molecule has 4 heteroatoms. The Bertz CT molecular complexity index is 377. The third kappa shape index (κ3) is 3.37. The normalized spacial score (nSPS) is 11.0. The largest absolute Gasteiger partial charge is 0.469 e. The molecular formula is C12H16INO2. The molecule has 0 aromatic heterocycles. The molecule has 1 aromatic carbocycles. The van der Waals surface area contributed by atoms with Crippen LogP contribution in [0.2, 0.25) is 0 Å². The molecule has 0 radical (unpaired) electrons. The van der Waals surface area contributed by atoms with E-state index in [2.05, 4.69) is 27.9 Å². The molecule has 88 valence electrons. The number of methoxy groups -OCH3 is 1. The molecular weight excluding hydrogens is 317 g/mol. The molecule has 0 heterocycles. The molecule has 0 unspecified atom stereocenters. The van der Waals surface area contributed by atoms with E-state index in [0.29, 0.717) is 6.54 Å². The fourth-order valence-corrected chi connectivity index (χ4v) is 1.85. The van der Waals surface area contributed by atoms with Crippen LogP contribution in [-0.2, 0) is 9.53 Å². The Labute approximate surface area is 110 Å². The number of carbonyl (C=O) groups is 1. The van der Waals surface area contributed by atoms with E-state index in [0.717, 1.165) is 9.26 Å². The van der Waals surface area contributed by atoms with E-state index in [1.165, 1.54) is 7.11 Å². The van der Waals surface area contributed by atoms with E-state index >= 15 is 0 Å². The molecule has 0 spiro atoms. The van der Waals surface area contributed by atoms with Crippen molar-refractivity contribution in [2.45, 2.75) is 13.8 Å². The van der Waals surface area contributed by atoms with Crippen molar-refractivity contribution in [1.29, 1.82) is 0 Å². The highest BCUT2D eigenvalue weighted by Gasteiger charge is 2.28. The van der Waals surface area contributed by atoms with Crippen molar-refractivity contribution >= 4 is 34.2 Å². The summed E-state index contributed by atoms with van der Waals surface area (Å²) < 4.78 is 5.89. The second-order valence-corrected chi connectivity index (χ2v) is 5.37. The van der Waals surface area contributed by atoms with E-state index in [-0.39, 0.29) is 5.97 Å². The first-order chi connectivity index (χ1) is 7.47. The molecule has 1 aromatic rings. The third-order valence-corrected chi connectivity index (χ3v) is 3.27. The maximum Gasteiger partial charge on any atom is 0.313 e. The molecule has 16 heavy (non-hydrogen) atoms. The maximum absolute atomic E-state index is 11.5. The molecule has 0 saturated heterocycles. The molecule has 0 aliphatic heterocycles. The highest BCUT2D eigenvalue weighted by Crippen LogP contribution is 2.21. The fraction of sp³-hybridized carbons (Fsp3) is 0.417. The number of esters is 1. The lowest BCUT2D eigenvalue weighted by atomic mass is 9.93. The van der Waals surface area contributed by atoms with Gasteiger partial charge in [-0.2, -0.15) is 0 Å². The summed E-state index contributed by atoms with van der Waals surface area (Å²) in [5.74, 6) is -0.203. The molecule has 0 bridgehead atoms. The summed E-state index contributed by atoms with van der Waals surface area (Å²) in [4.78, 5) is 11.5. The highest BCUT2D eigenvalue weighted by molar-refractivity contribution is 14.1. The summed E-state index contributed by atoms with van der Waals surface area (Å²) in [5.41, 5.74) is 0.522. The van der Waals surface area contributed by atoms with Crippen LogP contribution >= 0.6 is 22.6 Å². The van der Waals surface area contributed by atoms with Crippen molar-refractivity contribution in [2.24, 2.45) is 5.41 Å². The topological polar surface area (TPSA) is 38.3 Å². The number of rotatable bonds is 4. The predicted molar refractivity (Wildman–Crippen MR) is 73.4 cm³/mol. The quantitative estimate of drug-likeness (QED) is 0.680. The number of anilines is 1. The molecule has 3 nitrogen and oxygen atoms in total. The number of nitrogens with one attached hydrogen (secondary N) is 1. The molecule has 1 rings (SSSR count). The predicted octanol–water partition coefficient (Wildman–Crippen LogP) is 2.90. The smallest absolute Gasteiger partial charge is 0.313 e. The fourth-order valence-electron chi connectivity index (χ4n) is 1.27. The van der Waals surface area contributed by atoms with Crippen LogP contribution in [0.15, 0.2) is 24.3 Å². The molecule has 0 saturated carbocycles. The summed E-state index contributed by atoms with van der Waals surface area (Å²) in [6, 6.07) is 7.97. The standard InChI is InChI=1S/C12H16INO2/c1-12(2,11(15)16-3)8-14-10-7-5-4-6-9(10)13/h4-7,14H,8H2,1-3H3. The van der Waals surface area contributed by atoms with Crippen LogP contribution in [0.5, 0.6) is 0 Å². The number of ether oxygens (including phenoxy) is 1. The maximum atomic E-state index is 11.5. The summed E-state index contributed by atoms with van der Waals surface area (Å²) >= 11 is 2.26. The first kappa shape index (κ1) is 13.3. The lowest BCUT2D eigenvalue weighted by Crippen LogP contribution is -2.33. The van der Waals surface area contributed by atoms with Crippen molar-refractivity contribution in [3.63, 3.8) is 0 Å². The van der Waals surface area contributed by atoms with Gasteiger partial charge in [0, 0.05) is 15.8 Å². The Hall–Kier alpha value is -0.780. The van der Waals surface area contributed by atoms with E-state index < -0.39 is 5.41 Å². The van der Waals surface area contributed by atoms with Crippen LogP contribution < -0.4 is 5.32 Å². The lowest BCUT2D eigenvalue weighted by Gasteiger charge is -2.22. The monoisotopic (exact) mass is 333 g/mol. The molecule has 0 atom stereocenters. The van der Waals surface area contributed by atoms with Gasteiger partial charge in [0.05, 0.1) is 12.5 Å². The molecule has 1 N–H and O–H groups in total. The number of hydrogen-bond donors (Lipinski definition) is 1. The molecule has 0 aliphatic rings. The van der Waals surface area contributed by atoms with Crippen molar-refractivity contribution < 1.29 is 9.53 Å². The van der Waals surface area contributed by atoms with Crippen molar-refractivity contribution in [1.82, 2.24) is 0 Å². The summed E-state index contributed by atoms with van der Waals surface area (Å²) in [6.45, 7) is 4.28. The Kier molecular flexibility index (Phi) is 4.58. The van der Waals surface area contributed by atoms with Crippen LogP contribution in [0.25, 0.3) is 0 Å². The zero-order valence-electron chi connectivity index (χ0n) is 9.71. The Morgan fingerprint density at radius 3 is 2.62 bits per heavy atom. The first-order valence-electron chi connectivity index (χ1n) is 5.04. The Morgan fingerprint density at radius 2 is 2.06 bits per heavy atom. The van der Waals surface area contributed by atoms with E-state index in [4.69, 9.17) is 4.74 Å². The summed E-state index contributed by atoms with van der Waals surface area (Å²) in [6.07, 6.45) is 0. The average Bonchev–Trinajstić information content (AvgIpc) is 2.27. The zero-order valence-corrected chi connectivity index (χ0v) is 11.9. The van der Waals surface area contributed by atoms with Gasteiger partial charge < -0.3 is 10.1 Å². The SMILES string of the molecule is COC(=O)C(C)(C)CNc1ccccc1I. The van der Waals surface area contributed by atoms with Gasteiger partial charge in [-0.15, -0.1) is 0 Å². The zero-order chi connectivity index (χ0) is 12.2. The van der Waals surface area contributed by atoms with Crippen molar-refractivity contribution in [3.05, 3.63) is 27.8 Å². The summed E-state index contributed by atoms with van der Waals surface area (Å²) in [5, 5.41) is 3.26. The van der Waals surface area contributed by atoms with Gasteiger partial charge >= 0.3 is 5.97 Å². The number of hydrogen-bond acceptors (Lipinski definition) is 3. The van der Waals surface area contributed by atoms with E-state index in [1.54, 1.807) is 0 Å². The number of halogens is 1. The number of carbonyl (C=O) groups excluding carboxylic acids is 1. The minimum atomic E-state index is -0.520. The van der Waals surface area contributed by atoms with Gasteiger partial charge in [-0.1, -0.05) is 12.1 Å². The van der Waals surface area contributed by atoms with E-state index in [1.807, 2.05) is 38.1 Å². The van der Waals surface area contributed by atoms with Gasteiger partial charge in [0.15, 0.2) is 0 Å². The van der Waals surface area contributed by atoms with Crippen LogP contribution in [-0.4, -0.2) is 19.6 Å². The third-order valence-electron chi connectivity index (χ3n) is 2.33. The van der Waals surface area contributed by atoms with Crippen LogP contribution in [0.1, 0.15) is 13.8 Å². The number of para-hydroxylation sites is 1. The first-order valence-corrected chi connectivity index (χ1v) is 6.12. The second kappa shape index (κ2) is 5.52. The van der Waals surface area contributed by atoms with Crippen LogP contribution in [0.3, 0.4) is 0 Å². The van der Waals surface area contributed by atoms with Gasteiger partial charge in [-0.05, 0) is 48.6 Å². The minimum Gasteiger partial charge on any atom is -0.469 e. The summed E-state index contributed by atoms with van der Waals surface area (Å²) in [7, 11) is 1.41. The highest BCUT2D eigenvalue weighted by atomic mass is 127. The van der Waals surface area contributed by atoms with Gasteiger partial charge in [-0.3, -0.25) is 4.79 Å². The lowest BCUT2D eigenvalue weighted by molar-refractivity contribution is -0.149. The van der Waals surface area contributed by atoms with E-state index in [9.17, 15) is 4.79 Å². The minimum absolute atomic E-state index is 0.203. The van der Waals surface area contributed by atoms with Crippen LogP contribution in [0.4, 0.5) is 5.69 Å². The van der Waals surface area contributed by atoms with Crippen molar-refractivity contribution in [3.8, 4) is 0 Å². The molecule has 0 amide bonds. The van der Waals surface area contributed by atoms with Crippen molar-refractivity contribution in [2.75, 3.05) is 19.0 Å². The molecule has 0 aliphatic carbocycles. The second-order valence-electron chi connectivity index (χ2n) is 4.21. The Balaban J connectivity index is 2.65. The van der Waals surface area contributed by atoms with Gasteiger partial charge in [0.25, 0.3) is 0 Å². The van der Waals surface area contributed by atoms with Crippen LogP contribution in [0, 0.1) is 8.99 Å². The molecule has 0 fully saturated rings. The average molecular weight is 333 g/mol. The van der Waals surface area contributed by atoms with Gasteiger partial charge in [0.2, 0.25) is 0 Å².